The van der Waals surface area contributed by atoms with Crippen molar-refractivity contribution in [1.29, 1.82) is 0 Å². The second-order valence-corrected chi connectivity index (χ2v) is 4.67. The Hall–Kier alpha value is -2.95. The van der Waals surface area contributed by atoms with Crippen molar-refractivity contribution in [3.63, 3.8) is 0 Å². The fraction of sp³-hybridized carbons (Fsp3) is 0.0625. The van der Waals surface area contributed by atoms with Crippen LogP contribution < -0.4 is 5.32 Å². The number of amides is 1. The van der Waals surface area contributed by atoms with Crippen LogP contribution in [0.4, 0.5) is 5.69 Å². The molecule has 0 spiro atoms. The zero-order valence-corrected chi connectivity index (χ0v) is 11.5. The summed E-state index contributed by atoms with van der Waals surface area (Å²) in [5, 5.41) is 7.03. The Bertz CT molecular complexity index is 765. The number of aromatic nitrogens is 3. The zero-order chi connectivity index (χ0) is 14.7. The van der Waals surface area contributed by atoms with Gasteiger partial charge in [0.1, 0.15) is 0 Å². The van der Waals surface area contributed by atoms with Crippen LogP contribution in [0.2, 0.25) is 0 Å². The summed E-state index contributed by atoms with van der Waals surface area (Å²) in [4.78, 5) is 16.0. The van der Waals surface area contributed by atoms with Gasteiger partial charge in [0, 0.05) is 42.5 Å². The molecular weight excluding hydrogens is 264 g/mol. The summed E-state index contributed by atoms with van der Waals surface area (Å²) in [6, 6.07) is 11.0. The fourth-order valence-electron chi connectivity index (χ4n) is 2.05. The lowest BCUT2D eigenvalue weighted by atomic mass is 10.1. The highest BCUT2D eigenvalue weighted by molar-refractivity contribution is 6.04. The molecule has 0 radical (unpaired) electrons. The lowest BCUT2D eigenvalue weighted by Gasteiger charge is -2.06. The first kappa shape index (κ1) is 13.1. The summed E-state index contributed by atoms with van der Waals surface area (Å²) >= 11 is 0. The number of carbonyl (C=O) groups is 1. The highest BCUT2D eigenvalue weighted by atomic mass is 16.1. The first-order valence-corrected chi connectivity index (χ1v) is 6.53. The number of hydrogen-bond donors (Lipinski definition) is 1. The summed E-state index contributed by atoms with van der Waals surface area (Å²) in [6.07, 6.45) is 6.93. The lowest BCUT2D eigenvalue weighted by molar-refractivity contribution is 0.102. The molecule has 3 rings (SSSR count). The minimum Gasteiger partial charge on any atom is -0.322 e. The maximum Gasteiger partial charge on any atom is 0.255 e. The van der Waals surface area contributed by atoms with Crippen molar-refractivity contribution in [3.8, 4) is 11.1 Å². The summed E-state index contributed by atoms with van der Waals surface area (Å²) in [5.74, 6) is -0.152. The van der Waals surface area contributed by atoms with Gasteiger partial charge >= 0.3 is 0 Å². The van der Waals surface area contributed by atoms with Gasteiger partial charge in [0.25, 0.3) is 5.91 Å². The predicted molar refractivity (Wildman–Crippen MR) is 80.8 cm³/mol. The number of nitrogens with zero attached hydrogens (tertiary/aromatic N) is 3. The number of nitrogens with one attached hydrogen (secondary N) is 1. The third-order valence-electron chi connectivity index (χ3n) is 3.10. The van der Waals surface area contributed by atoms with E-state index in [0.717, 1.165) is 16.8 Å². The van der Waals surface area contributed by atoms with E-state index in [9.17, 15) is 4.79 Å². The molecule has 0 saturated heterocycles. The summed E-state index contributed by atoms with van der Waals surface area (Å²) in [6.45, 7) is 0. The van der Waals surface area contributed by atoms with Crippen LogP contribution in [-0.4, -0.2) is 20.7 Å². The van der Waals surface area contributed by atoms with Crippen LogP contribution in [0.5, 0.6) is 0 Å². The number of carbonyl (C=O) groups excluding carboxylic acids is 1. The van der Waals surface area contributed by atoms with Crippen molar-refractivity contribution in [1.82, 2.24) is 14.8 Å². The van der Waals surface area contributed by atoms with Crippen molar-refractivity contribution >= 4 is 11.6 Å². The van der Waals surface area contributed by atoms with E-state index in [0.29, 0.717) is 5.56 Å². The third-order valence-corrected chi connectivity index (χ3v) is 3.10. The van der Waals surface area contributed by atoms with Crippen molar-refractivity contribution in [2.45, 2.75) is 0 Å². The molecule has 0 bridgehead atoms. The van der Waals surface area contributed by atoms with E-state index in [2.05, 4.69) is 15.4 Å². The van der Waals surface area contributed by atoms with Gasteiger partial charge in [-0.2, -0.15) is 5.10 Å². The first-order chi connectivity index (χ1) is 10.2. The normalized spacial score (nSPS) is 10.3. The van der Waals surface area contributed by atoms with Crippen LogP contribution in [0.25, 0.3) is 11.1 Å². The second kappa shape index (κ2) is 5.58. The Morgan fingerprint density at radius 3 is 2.67 bits per heavy atom. The summed E-state index contributed by atoms with van der Waals surface area (Å²) in [5.41, 5.74) is 3.35. The number of hydrogen-bond acceptors (Lipinski definition) is 3. The largest absolute Gasteiger partial charge is 0.322 e. The maximum atomic E-state index is 12.1. The first-order valence-electron chi connectivity index (χ1n) is 6.53. The van der Waals surface area contributed by atoms with Gasteiger partial charge < -0.3 is 5.32 Å². The predicted octanol–water partition coefficient (Wildman–Crippen LogP) is 2.73. The maximum absolute atomic E-state index is 12.1. The van der Waals surface area contributed by atoms with E-state index in [4.69, 9.17) is 0 Å². The molecule has 2 aromatic heterocycles. The van der Waals surface area contributed by atoms with E-state index in [1.165, 1.54) is 0 Å². The van der Waals surface area contributed by atoms with E-state index in [1.807, 2.05) is 37.5 Å². The minimum absolute atomic E-state index is 0.152. The van der Waals surface area contributed by atoms with Crippen LogP contribution in [0.3, 0.4) is 0 Å². The molecule has 5 nitrogen and oxygen atoms in total. The van der Waals surface area contributed by atoms with Crippen LogP contribution in [0.1, 0.15) is 10.4 Å². The van der Waals surface area contributed by atoms with Crippen LogP contribution in [0, 0.1) is 0 Å². The molecule has 0 aliphatic rings. The van der Waals surface area contributed by atoms with Crippen molar-refractivity contribution in [3.05, 3.63) is 66.7 Å². The Morgan fingerprint density at radius 1 is 1.14 bits per heavy atom. The Labute approximate surface area is 122 Å². The lowest BCUT2D eigenvalue weighted by Crippen LogP contribution is -2.11. The Balaban J connectivity index is 1.82. The SMILES string of the molecule is Cn1cc(-c2cccc(NC(=O)c3ccncc3)c2)cn1. The molecular formula is C16H14N4O. The van der Waals surface area contributed by atoms with Gasteiger partial charge in [0.2, 0.25) is 0 Å². The molecule has 104 valence electrons. The third kappa shape index (κ3) is 2.97. The van der Waals surface area contributed by atoms with E-state index in [-0.39, 0.29) is 5.91 Å². The number of rotatable bonds is 3. The molecule has 0 atom stereocenters. The molecule has 0 aliphatic heterocycles. The van der Waals surface area contributed by atoms with E-state index >= 15 is 0 Å². The highest BCUT2D eigenvalue weighted by Gasteiger charge is 2.07. The molecule has 3 aromatic rings. The van der Waals surface area contributed by atoms with Crippen LogP contribution in [-0.2, 0) is 7.05 Å². The van der Waals surface area contributed by atoms with Gasteiger partial charge in [-0.25, -0.2) is 0 Å². The van der Waals surface area contributed by atoms with Crippen LogP contribution >= 0.6 is 0 Å². The smallest absolute Gasteiger partial charge is 0.255 e. The van der Waals surface area contributed by atoms with Gasteiger partial charge in [-0.3, -0.25) is 14.5 Å². The van der Waals surface area contributed by atoms with Crippen molar-refractivity contribution in [2.75, 3.05) is 5.32 Å². The van der Waals surface area contributed by atoms with Gasteiger partial charge in [0.05, 0.1) is 6.20 Å². The Kier molecular flexibility index (Phi) is 3.47. The molecule has 2 heterocycles. The number of anilines is 1. The highest BCUT2D eigenvalue weighted by Crippen LogP contribution is 2.22. The van der Waals surface area contributed by atoms with E-state index in [1.54, 1.807) is 35.4 Å². The van der Waals surface area contributed by atoms with Crippen molar-refractivity contribution in [2.24, 2.45) is 7.05 Å². The van der Waals surface area contributed by atoms with Gasteiger partial charge in [-0.15, -0.1) is 0 Å². The van der Waals surface area contributed by atoms with Crippen molar-refractivity contribution < 1.29 is 4.79 Å². The molecule has 0 fully saturated rings. The quantitative estimate of drug-likeness (QED) is 0.801. The van der Waals surface area contributed by atoms with Gasteiger partial charge in [0.15, 0.2) is 0 Å². The monoisotopic (exact) mass is 278 g/mol. The second-order valence-electron chi connectivity index (χ2n) is 4.67. The number of benzene rings is 1. The minimum atomic E-state index is -0.152. The average Bonchev–Trinajstić information content (AvgIpc) is 2.95. The average molecular weight is 278 g/mol. The zero-order valence-electron chi connectivity index (χ0n) is 11.5. The summed E-state index contributed by atoms with van der Waals surface area (Å²) in [7, 11) is 1.87. The van der Waals surface area contributed by atoms with Gasteiger partial charge in [-0.05, 0) is 29.8 Å². The van der Waals surface area contributed by atoms with Gasteiger partial charge in [-0.1, -0.05) is 12.1 Å². The number of aryl methyl sites for hydroxylation is 1. The molecule has 0 unspecified atom stereocenters. The molecule has 5 heteroatoms. The number of pyridine rings is 1. The van der Waals surface area contributed by atoms with Crippen LogP contribution in [0.15, 0.2) is 61.2 Å². The van der Waals surface area contributed by atoms with E-state index < -0.39 is 0 Å². The molecule has 21 heavy (non-hydrogen) atoms. The molecule has 0 saturated carbocycles. The molecule has 1 amide bonds. The fourth-order valence-corrected chi connectivity index (χ4v) is 2.05. The Morgan fingerprint density at radius 2 is 1.95 bits per heavy atom. The standard InChI is InChI=1S/C16H14N4O/c1-20-11-14(10-18-20)13-3-2-4-15(9-13)19-16(21)12-5-7-17-8-6-12/h2-11H,1H3,(H,19,21). The topological polar surface area (TPSA) is 59.8 Å². The molecule has 1 N–H and O–H groups in total. The molecule has 0 aliphatic carbocycles. The summed E-state index contributed by atoms with van der Waals surface area (Å²) < 4.78 is 1.75. The molecule has 1 aromatic carbocycles.